The van der Waals surface area contributed by atoms with Gasteiger partial charge in [-0.25, -0.2) is 9.97 Å². The zero-order chi connectivity index (χ0) is 18.3. The van der Waals surface area contributed by atoms with Crippen molar-refractivity contribution in [3.8, 4) is 0 Å². The van der Waals surface area contributed by atoms with Gasteiger partial charge in [0.1, 0.15) is 28.8 Å². The van der Waals surface area contributed by atoms with Crippen LogP contribution in [0.15, 0.2) is 18.5 Å². The molecule has 1 N–H and O–H groups in total. The summed E-state index contributed by atoms with van der Waals surface area (Å²) < 4.78 is 1.77. The van der Waals surface area contributed by atoms with Gasteiger partial charge in [-0.3, -0.25) is 14.4 Å². The average Bonchev–Trinajstić information content (AvgIpc) is 3.20. The summed E-state index contributed by atoms with van der Waals surface area (Å²) in [6.07, 6.45) is 4.26. The third-order valence-corrected chi connectivity index (χ3v) is 5.92. The zero-order valence-electron chi connectivity index (χ0n) is 15.2. The van der Waals surface area contributed by atoms with Crippen molar-refractivity contribution in [2.75, 3.05) is 16.8 Å². The van der Waals surface area contributed by atoms with E-state index in [2.05, 4.69) is 33.4 Å². The number of aryl methyl sites for hydroxylation is 3. The Morgan fingerprint density at radius 3 is 2.92 bits per heavy atom. The maximum absolute atomic E-state index is 13.1. The molecule has 1 saturated heterocycles. The maximum Gasteiger partial charge on any atom is 0.250 e. The molecule has 1 aliphatic heterocycles. The molecule has 1 unspecified atom stereocenters. The summed E-state index contributed by atoms with van der Waals surface area (Å²) in [7, 11) is 1.87. The fourth-order valence-electron chi connectivity index (χ4n) is 3.45. The van der Waals surface area contributed by atoms with Gasteiger partial charge in [-0.05, 0) is 32.3 Å². The van der Waals surface area contributed by atoms with Crippen molar-refractivity contribution in [3.63, 3.8) is 0 Å². The number of aromatic nitrogens is 4. The monoisotopic (exact) mass is 370 g/mol. The molecule has 0 aromatic carbocycles. The van der Waals surface area contributed by atoms with Gasteiger partial charge in [-0.2, -0.15) is 5.10 Å². The van der Waals surface area contributed by atoms with E-state index in [-0.39, 0.29) is 11.9 Å². The van der Waals surface area contributed by atoms with Crippen LogP contribution in [-0.2, 0) is 18.3 Å². The summed E-state index contributed by atoms with van der Waals surface area (Å²) in [6, 6.07) is 3.79. The number of carbonyl (C=O) groups is 1. The number of amides is 1. The number of fused-ring (bicyclic) bond motifs is 1. The number of hydrogen-bond donors (Lipinski definition) is 1. The molecule has 1 fully saturated rings. The van der Waals surface area contributed by atoms with Crippen LogP contribution in [0.3, 0.4) is 0 Å². The van der Waals surface area contributed by atoms with E-state index >= 15 is 0 Å². The van der Waals surface area contributed by atoms with Crippen LogP contribution in [0.2, 0.25) is 0 Å². The zero-order valence-corrected chi connectivity index (χ0v) is 16.0. The van der Waals surface area contributed by atoms with E-state index in [1.54, 1.807) is 22.3 Å². The van der Waals surface area contributed by atoms with E-state index in [0.29, 0.717) is 6.54 Å². The highest BCUT2D eigenvalue weighted by atomic mass is 32.1. The predicted molar refractivity (Wildman–Crippen MR) is 104 cm³/mol. The van der Waals surface area contributed by atoms with Gasteiger partial charge in [0.25, 0.3) is 5.91 Å². The lowest BCUT2D eigenvalue weighted by atomic mass is 10.0. The van der Waals surface area contributed by atoms with E-state index in [0.717, 1.165) is 46.8 Å². The van der Waals surface area contributed by atoms with Crippen molar-refractivity contribution in [2.45, 2.75) is 39.2 Å². The molecule has 0 radical (unpaired) electrons. The van der Waals surface area contributed by atoms with E-state index in [1.165, 1.54) is 4.88 Å². The summed E-state index contributed by atoms with van der Waals surface area (Å²) in [4.78, 5) is 25.9. The highest BCUT2D eigenvalue weighted by Gasteiger charge is 2.31. The number of hydrogen-bond acceptors (Lipinski definition) is 6. The van der Waals surface area contributed by atoms with Crippen LogP contribution in [0.1, 0.15) is 30.3 Å². The first kappa shape index (κ1) is 17.0. The van der Waals surface area contributed by atoms with E-state index in [4.69, 9.17) is 0 Å². The second-order valence-electron chi connectivity index (χ2n) is 6.60. The lowest BCUT2D eigenvalue weighted by Crippen LogP contribution is -2.48. The number of carbonyl (C=O) groups excluding carboxylic acids is 1. The minimum Gasteiger partial charge on any atom is -0.358 e. The van der Waals surface area contributed by atoms with Gasteiger partial charge in [0.05, 0.1) is 11.1 Å². The molecule has 136 valence electrons. The molecule has 0 aliphatic carbocycles. The molecule has 0 bridgehead atoms. The number of thiophene rings is 1. The van der Waals surface area contributed by atoms with Crippen molar-refractivity contribution in [3.05, 3.63) is 29.0 Å². The van der Waals surface area contributed by atoms with Gasteiger partial charge in [0.15, 0.2) is 0 Å². The van der Waals surface area contributed by atoms with Crippen molar-refractivity contribution in [1.29, 1.82) is 0 Å². The number of anilines is 2. The Balaban J connectivity index is 1.61. The third kappa shape index (κ3) is 2.94. The Bertz CT molecular complexity index is 962. The van der Waals surface area contributed by atoms with Crippen LogP contribution in [0, 0.1) is 6.92 Å². The van der Waals surface area contributed by atoms with Crippen LogP contribution < -0.4 is 10.2 Å². The van der Waals surface area contributed by atoms with E-state index in [9.17, 15) is 4.79 Å². The lowest BCUT2D eigenvalue weighted by molar-refractivity contribution is -0.120. The van der Waals surface area contributed by atoms with Crippen molar-refractivity contribution in [2.24, 2.45) is 7.05 Å². The Morgan fingerprint density at radius 2 is 2.19 bits per heavy atom. The smallest absolute Gasteiger partial charge is 0.250 e. The molecule has 0 saturated carbocycles. The first-order valence-corrected chi connectivity index (χ1v) is 9.70. The molecule has 3 aromatic rings. The maximum atomic E-state index is 13.1. The van der Waals surface area contributed by atoms with E-state index in [1.807, 2.05) is 24.9 Å². The molecule has 1 aliphatic rings. The van der Waals surface area contributed by atoms with Gasteiger partial charge < -0.3 is 5.32 Å². The first-order chi connectivity index (χ1) is 12.6. The molecule has 3 aromatic heterocycles. The fourth-order valence-corrected chi connectivity index (χ4v) is 4.38. The highest BCUT2D eigenvalue weighted by Crippen LogP contribution is 2.30. The molecule has 4 heterocycles. The number of piperidine rings is 1. The lowest BCUT2D eigenvalue weighted by Gasteiger charge is -2.32. The fraction of sp³-hybridized carbons (Fsp3) is 0.444. The SMILES string of the molecule is CCc1cc2c(NC3CCCN(c4cc(C)nn4C)C3=O)ncnc2s1. The van der Waals surface area contributed by atoms with Crippen molar-refractivity contribution >= 4 is 39.1 Å². The molecular weight excluding hydrogens is 348 g/mol. The number of nitrogens with one attached hydrogen (secondary N) is 1. The topological polar surface area (TPSA) is 75.9 Å². The number of nitrogens with zero attached hydrogens (tertiary/aromatic N) is 5. The quantitative estimate of drug-likeness (QED) is 0.764. The number of rotatable bonds is 4. The van der Waals surface area contributed by atoms with Crippen LogP contribution in [0.25, 0.3) is 10.2 Å². The Morgan fingerprint density at radius 1 is 1.35 bits per heavy atom. The molecule has 1 amide bonds. The van der Waals surface area contributed by atoms with Crippen molar-refractivity contribution in [1.82, 2.24) is 19.7 Å². The van der Waals surface area contributed by atoms with Gasteiger partial charge in [0.2, 0.25) is 0 Å². The van der Waals surface area contributed by atoms with Crippen LogP contribution in [-0.4, -0.2) is 38.2 Å². The standard InChI is InChI=1S/C18H22N6OS/c1-4-12-9-13-16(19-10-20-17(13)26-12)21-14-6-5-7-24(18(14)25)15-8-11(2)22-23(15)3/h8-10,14H,4-7H2,1-3H3,(H,19,20,21). The summed E-state index contributed by atoms with van der Waals surface area (Å²) in [6.45, 7) is 4.78. The Kier molecular flexibility index (Phi) is 4.36. The molecule has 26 heavy (non-hydrogen) atoms. The summed E-state index contributed by atoms with van der Waals surface area (Å²) in [5, 5.41) is 8.73. The molecule has 0 spiro atoms. The highest BCUT2D eigenvalue weighted by molar-refractivity contribution is 7.18. The average molecular weight is 370 g/mol. The van der Waals surface area contributed by atoms with Crippen LogP contribution in [0.4, 0.5) is 11.6 Å². The Labute approximate surface area is 156 Å². The summed E-state index contributed by atoms with van der Waals surface area (Å²) >= 11 is 1.68. The molecule has 1 atom stereocenters. The second-order valence-corrected chi connectivity index (χ2v) is 7.72. The van der Waals surface area contributed by atoms with Crippen molar-refractivity contribution < 1.29 is 4.79 Å². The first-order valence-electron chi connectivity index (χ1n) is 8.88. The predicted octanol–water partition coefficient (Wildman–Crippen LogP) is 2.90. The minimum absolute atomic E-state index is 0.0666. The Hall–Kier alpha value is -2.48. The second kappa shape index (κ2) is 6.68. The summed E-state index contributed by atoms with van der Waals surface area (Å²) in [5.41, 5.74) is 0.910. The van der Waals surface area contributed by atoms with Crippen LogP contribution >= 0.6 is 11.3 Å². The summed E-state index contributed by atoms with van der Waals surface area (Å²) in [5.74, 6) is 1.65. The normalized spacial score (nSPS) is 17.9. The molecule has 8 heteroatoms. The van der Waals surface area contributed by atoms with Gasteiger partial charge in [-0.1, -0.05) is 6.92 Å². The van der Waals surface area contributed by atoms with Gasteiger partial charge in [0, 0.05) is 24.5 Å². The van der Waals surface area contributed by atoms with Gasteiger partial charge >= 0.3 is 0 Å². The molecular formula is C18H22N6OS. The largest absolute Gasteiger partial charge is 0.358 e. The molecule has 7 nitrogen and oxygen atoms in total. The van der Waals surface area contributed by atoms with Gasteiger partial charge in [-0.15, -0.1) is 11.3 Å². The minimum atomic E-state index is -0.290. The third-order valence-electron chi connectivity index (χ3n) is 4.73. The van der Waals surface area contributed by atoms with Crippen LogP contribution in [0.5, 0.6) is 0 Å². The molecule has 4 rings (SSSR count). The van der Waals surface area contributed by atoms with E-state index < -0.39 is 0 Å².